The number of pyridine rings is 1. The summed E-state index contributed by atoms with van der Waals surface area (Å²) in [6.45, 7) is 0. The Morgan fingerprint density at radius 1 is 1.03 bits per heavy atom. The fourth-order valence-corrected chi connectivity index (χ4v) is 3.55. The Kier molecular flexibility index (Phi) is 6.35. The van der Waals surface area contributed by atoms with E-state index in [1.165, 1.54) is 36.7 Å². The second-order valence-electron chi connectivity index (χ2n) is 6.20. The van der Waals surface area contributed by atoms with E-state index >= 15 is 0 Å². The van der Waals surface area contributed by atoms with Gasteiger partial charge in [0.2, 0.25) is 0 Å². The molecule has 1 aromatic heterocycles. The molecule has 0 unspecified atom stereocenters. The number of aromatic nitrogens is 1. The molecule has 0 spiro atoms. The monoisotopic (exact) mass is 448 g/mol. The lowest BCUT2D eigenvalue weighted by Gasteiger charge is -2.12. The molecule has 0 aliphatic rings. The van der Waals surface area contributed by atoms with Crippen LogP contribution >= 0.6 is 0 Å². The summed E-state index contributed by atoms with van der Waals surface area (Å²) >= 11 is 0. The van der Waals surface area contributed by atoms with Gasteiger partial charge in [0.1, 0.15) is 0 Å². The fourth-order valence-electron chi connectivity index (χ4n) is 2.46. The zero-order valence-corrected chi connectivity index (χ0v) is 16.5. The minimum atomic E-state index is -4.62. The van der Waals surface area contributed by atoms with Crippen LogP contribution in [0.3, 0.4) is 0 Å². The topological polar surface area (TPSA) is 101 Å². The van der Waals surface area contributed by atoms with E-state index in [0.717, 1.165) is 18.2 Å². The lowest BCUT2D eigenvalue weighted by molar-refractivity contribution is -0.137. The maximum absolute atomic E-state index is 12.8. The number of rotatable bonds is 6. The fraction of sp³-hybridized carbons (Fsp3) is 0.0500. The van der Waals surface area contributed by atoms with E-state index < -0.39 is 27.7 Å². The smallest absolute Gasteiger partial charge is 0.280 e. The van der Waals surface area contributed by atoms with E-state index in [2.05, 4.69) is 20.2 Å². The molecule has 2 aromatic carbocycles. The summed E-state index contributed by atoms with van der Waals surface area (Å²) in [5, 5.41) is 3.77. The first-order valence-electron chi connectivity index (χ1n) is 8.69. The van der Waals surface area contributed by atoms with E-state index in [-0.39, 0.29) is 16.1 Å². The molecule has 0 fully saturated rings. The molecule has 0 atom stereocenters. The van der Waals surface area contributed by atoms with Crippen molar-refractivity contribution in [2.24, 2.45) is 5.10 Å². The molecule has 0 radical (unpaired) electrons. The SMILES string of the molecule is O=C(N/N=C/c1cccnc1)c1cccc(S(=O)(=O)Nc2cccc(C(F)(F)F)c2)c1. The summed E-state index contributed by atoms with van der Waals surface area (Å²) in [6.07, 6.45) is -0.145. The Bertz CT molecular complexity index is 1210. The Morgan fingerprint density at radius 3 is 2.52 bits per heavy atom. The van der Waals surface area contributed by atoms with Gasteiger partial charge in [-0.1, -0.05) is 18.2 Å². The second kappa shape index (κ2) is 8.96. The van der Waals surface area contributed by atoms with E-state index in [9.17, 15) is 26.4 Å². The Balaban J connectivity index is 1.75. The van der Waals surface area contributed by atoms with Crippen molar-refractivity contribution in [2.75, 3.05) is 4.72 Å². The van der Waals surface area contributed by atoms with Gasteiger partial charge in [-0.25, -0.2) is 13.8 Å². The number of halogens is 3. The molecule has 0 bridgehead atoms. The molecular weight excluding hydrogens is 433 g/mol. The number of hydrogen-bond donors (Lipinski definition) is 2. The van der Waals surface area contributed by atoms with Crippen molar-refractivity contribution in [1.29, 1.82) is 0 Å². The average Bonchev–Trinajstić information content (AvgIpc) is 2.74. The first-order chi connectivity index (χ1) is 14.6. The zero-order valence-electron chi connectivity index (χ0n) is 15.7. The largest absolute Gasteiger partial charge is 0.416 e. The Hall–Kier alpha value is -3.73. The molecule has 0 aliphatic carbocycles. The van der Waals surface area contributed by atoms with Crippen molar-refractivity contribution in [3.63, 3.8) is 0 Å². The van der Waals surface area contributed by atoms with E-state index in [1.54, 1.807) is 18.3 Å². The molecular formula is C20H15F3N4O3S. The standard InChI is InChI=1S/C20H15F3N4O3S/c21-20(22,23)16-6-2-7-17(11-16)27-31(29,30)18-8-1-5-15(10-18)19(28)26-25-13-14-4-3-9-24-12-14/h1-13,27H,(H,26,28)/b25-13+. The number of amides is 1. The van der Waals surface area contributed by atoms with Gasteiger partial charge in [-0.05, 0) is 42.5 Å². The summed E-state index contributed by atoms with van der Waals surface area (Å²) in [5.74, 6) is -0.670. The van der Waals surface area contributed by atoms with Crippen molar-refractivity contribution < 1.29 is 26.4 Å². The summed E-state index contributed by atoms with van der Waals surface area (Å²) in [6, 6.07) is 12.2. The molecule has 0 saturated heterocycles. The summed E-state index contributed by atoms with van der Waals surface area (Å²) in [4.78, 5) is 15.8. The maximum Gasteiger partial charge on any atom is 0.416 e. The van der Waals surface area contributed by atoms with Crippen molar-refractivity contribution in [3.05, 3.63) is 89.7 Å². The molecule has 3 aromatic rings. The van der Waals surface area contributed by atoms with Crippen LogP contribution in [0.4, 0.5) is 18.9 Å². The Morgan fingerprint density at radius 2 is 1.81 bits per heavy atom. The Labute approximate surface area is 175 Å². The highest BCUT2D eigenvalue weighted by Crippen LogP contribution is 2.31. The molecule has 11 heteroatoms. The normalized spacial score (nSPS) is 12.0. The highest BCUT2D eigenvalue weighted by molar-refractivity contribution is 7.92. The first kappa shape index (κ1) is 22.0. The number of benzene rings is 2. The summed E-state index contributed by atoms with van der Waals surface area (Å²) in [7, 11) is -4.24. The van der Waals surface area contributed by atoms with Gasteiger partial charge in [-0.15, -0.1) is 0 Å². The number of carbonyl (C=O) groups is 1. The third kappa shape index (κ3) is 5.89. The minimum absolute atomic E-state index is 0.00439. The molecule has 7 nitrogen and oxygen atoms in total. The van der Waals surface area contributed by atoms with E-state index in [4.69, 9.17) is 0 Å². The van der Waals surface area contributed by atoms with Gasteiger partial charge in [0, 0.05) is 29.2 Å². The van der Waals surface area contributed by atoms with Crippen LogP contribution in [0.15, 0.2) is 83.1 Å². The summed E-state index contributed by atoms with van der Waals surface area (Å²) < 4.78 is 65.8. The van der Waals surface area contributed by atoms with Gasteiger partial charge in [0.05, 0.1) is 16.7 Å². The average molecular weight is 448 g/mol. The van der Waals surface area contributed by atoms with Crippen LogP contribution in [0, 0.1) is 0 Å². The number of nitrogens with one attached hydrogen (secondary N) is 2. The molecule has 1 amide bonds. The van der Waals surface area contributed by atoms with Crippen molar-refractivity contribution in [2.45, 2.75) is 11.1 Å². The predicted molar refractivity (Wildman–Crippen MR) is 108 cm³/mol. The van der Waals surface area contributed by atoms with Gasteiger partial charge in [-0.3, -0.25) is 14.5 Å². The van der Waals surface area contributed by atoms with E-state index in [0.29, 0.717) is 11.6 Å². The molecule has 1 heterocycles. The second-order valence-corrected chi connectivity index (χ2v) is 7.88. The summed E-state index contributed by atoms with van der Waals surface area (Å²) in [5.41, 5.74) is 1.65. The van der Waals surface area contributed by atoms with Crippen LogP contribution in [0.1, 0.15) is 21.5 Å². The number of alkyl halides is 3. The highest BCUT2D eigenvalue weighted by Gasteiger charge is 2.30. The van der Waals surface area contributed by atoms with Gasteiger partial charge in [0.15, 0.2) is 0 Å². The quantitative estimate of drug-likeness (QED) is 0.444. The van der Waals surface area contributed by atoms with Gasteiger partial charge < -0.3 is 0 Å². The maximum atomic E-state index is 12.8. The highest BCUT2D eigenvalue weighted by atomic mass is 32.2. The lowest BCUT2D eigenvalue weighted by atomic mass is 10.2. The number of hydrogen-bond acceptors (Lipinski definition) is 5. The van der Waals surface area contributed by atoms with Crippen molar-refractivity contribution in [3.8, 4) is 0 Å². The number of nitrogens with zero attached hydrogens (tertiary/aromatic N) is 2. The number of anilines is 1. The van der Waals surface area contributed by atoms with Crippen molar-refractivity contribution >= 4 is 27.8 Å². The van der Waals surface area contributed by atoms with Crippen LogP contribution in [0.25, 0.3) is 0 Å². The molecule has 2 N–H and O–H groups in total. The number of hydrazone groups is 1. The molecule has 160 valence electrons. The van der Waals surface area contributed by atoms with Gasteiger partial charge in [-0.2, -0.15) is 18.3 Å². The third-order valence-corrected chi connectivity index (χ3v) is 5.29. The predicted octanol–water partition coefficient (Wildman–Crippen LogP) is 3.67. The third-order valence-electron chi connectivity index (χ3n) is 3.91. The minimum Gasteiger partial charge on any atom is -0.280 e. The van der Waals surface area contributed by atoms with Crippen LogP contribution < -0.4 is 10.1 Å². The molecule has 31 heavy (non-hydrogen) atoms. The zero-order chi connectivity index (χ0) is 22.5. The number of carbonyl (C=O) groups excluding carboxylic acids is 1. The van der Waals surface area contributed by atoms with Crippen LogP contribution in [0.2, 0.25) is 0 Å². The van der Waals surface area contributed by atoms with Gasteiger partial charge >= 0.3 is 6.18 Å². The number of sulfonamides is 1. The van der Waals surface area contributed by atoms with Crippen molar-refractivity contribution in [1.82, 2.24) is 10.4 Å². The lowest BCUT2D eigenvalue weighted by Crippen LogP contribution is -2.19. The van der Waals surface area contributed by atoms with Crippen LogP contribution in [-0.2, 0) is 16.2 Å². The molecule has 0 aliphatic heterocycles. The van der Waals surface area contributed by atoms with Crippen LogP contribution in [0.5, 0.6) is 0 Å². The van der Waals surface area contributed by atoms with E-state index in [1.807, 2.05) is 0 Å². The van der Waals surface area contributed by atoms with Gasteiger partial charge in [0.25, 0.3) is 15.9 Å². The van der Waals surface area contributed by atoms with Crippen LogP contribution in [-0.4, -0.2) is 25.5 Å². The first-order valence-corrected chi connectivity index (χ1v) is 10.2. The molecule has 3 rings (SSSR count). The molecule has 0 saturated carbocycles.